The van der Waals surface area contributed by atoms with E-state index in [9.17, 15) is 9.59 Å². The first-order valence-electron chi connectivity index (χ1n) is 11.0. The molecule has 2 amide bonds. The third-order valence-corrected chi connectivity index (χ3v) is 5.70. The lowest BCUT2D eigenvalue weighted by Crippen LogP contribution is -2.51. The van der Waals surface area contributed by atoms with Crippen LogP contribution in [0.4, 0.5) is 0 Å². The second kappa shape index (κ2) is 10.8. The summed E-state index contributed by atoms with van der Waals surface area (Å²) in [6.45, 7) is 4.06. The quantitative estimate of drug-likeness (QED) is 0.750. The van der Waals surface area contributed by atoms with Crippen LogP contribution < -0.4 is 10.1 Å². The van der Waals surface area contributed by atoms with Crippen molar-refractivity contribution in [3.8, 4) is 5.75 Å². The van der Waals surface area contributed by atoms with Crippen LogP contribution in [0, 0.1) is 0 Å². The van der Waals surface area contributed by atoms with Gasteiger partial charge in [0.25, 0.3) is 5.91 Å². The van der Waals surface area contributed by atoms with Gasteiger partial charge in [-0.2, -0.15) is 0 Å². The molecule has 3 rings (SSSR count). The maximum atomic E-state index is 13.5. The summed E-state index contributed by atoms with van der Waals surface area (Å²) < 4.78 is 6.09. The van der Waals surface area contributed by atoms with Crippen LogP contribution in [0.5, 0.6) is 5.75 Å². The van der Waals surface area contributed by atoms with Gasteiger partial charge < -0.3 is 15.0 Å². The second-order valence-electron chi connectivity index (χ2n) is 8.10. The van der Waals surface area contributed by atoms with E-state index in [-0.39, 0.29) is 24.0 Å². The van der Waals surface area contributed by atoms with Crippen molar-refractivity contribution in [3.63, 3.8) is 0 Å². The number of nitrogens with zero attached hydrogens (tertiary/aromatic N) is 1. The molecule has 2 aromatic rings. The first-order valence-corrected chi connectivity index (χ1v) is 11.0. The van der Waals surface area contributed by atoms with Crippen molar-refractivity contribution in [1.82, 2.24) is 10.2 Å². The Hall–Kier alpha value is -3.08. The summed E-state index contributed by atoms with van der Waals surface area (Å²) in [5.74, 6) is 0.186. The van der Waals surface area contributed by atoms with Gasteiger partial charge in [0, 0.05) is 25.9 Å². The smallest absolute Gasteiger partial charge is 0.258 e. The number of likely N-dealkylation sites (N-methyl/N-ethyl adjacent to an activating group) is 1. The summed E-state index contributed by atoms with van der Waals surface area (Å²) >= 11 is 0. The van der Waals surface area contributed by atoms with E-state index < -0.39 is 6.04 Å². The zero-order valence-electron chi connectivity index (χ0n) is 18.6. The molecule has 1 aliphatic rings. The highest BCUT2D eigenvalue weighted by Crippen LogP contribution is 2.23. The minimum atomic E-state index is -0.624. The molecule has 5 nitrogen and oxygen atoms in total. The summed E-state index contributed by atoms with van der Waals surface area (Å²) in [6, 6.07) is 16.5. The Morgan fingerprint density at radius 1 is 1.00 bits per heavy atom. The molecule has 1 N–H and O–H groups in total. The molecule has 0 bridgehead atoms. The van der Waals surface area contributed by atoms with E-state index in [1.807, 2.05) is 55.5 Å². The molecule has 0 unspecified atom stereocenters. The Bertz CT molecular complexity index is 910. The average Bonchev–Trinajstić information content (AvgIpc) is 2.79. The maximum absolute atomic E-state index is 13.5. The van der Waals surface area contributed by atoms with Gasteiger partial charge in [-0.25, -0.2) is 0 Å². The van der Waals surface area contributed by atoms with E-state index in [1.165, 1.54) is 0 Å². The van der Waals surface area contributed by atoms with Crippen LogP contribution >= 0.6 is 0 Å². The van der Waals surface area contributed by atoms with Crippen molar-refractivity contribution < 1.29 is 14.3 Å². The lowest BCUT2D eigenvalue weighted by atomic mass is 10.0. The fourth-order valence-corrected chi connectivity index (χ4v) is 3.76. The van der Waals surface area contributed by atoms with Gasteiger partial charge >= 0.3 is 0 Å². The fraction of sp³-hybridized carbons (Fsp3) is 0.385. The van der Waals surface area contributed by atoms with E-state index in [2.05, 4.69) is 24.4 Å². The van der Waals surface area contributed by atoms with Crippen LogP contribution in [0.1, 0.15) is 49.0 Å². The first-order chi connectivity index (χ1) is 15.0. The highest BCUT2D eigenvalue weighted by Gasteiger charge is 2.30. The van der Waals surface area contributed by atoms with Gasteiger partial charge in [0.2, 0.25) is 5.91 Å². The molecule has 0 aromatic heterocycles. The van der Waals surface area contributed by atoms with Gasteiger partial charge in [-0.1, -0.05) is 61.5 Å². The molecule has 164 valence electrons. The standard InChI is InChI=1S/C26H32N2O3/c1-4-21-15-9-8-12-19(2)31-24-17-11-10-16-22(24)26(30)28(3)23(25(29)27-21)18-20-13-6-5-7-14-20/h5-11,13-14,16-17,19,21,23H,4,12,15,18H2,1-3H3,(H,27,29)/b9-8+/t19-,21+,23+/m1/s1. The van der Waals surface area contributed by atoms with Crippen LogP contribution in [0.15, 0.2) is 66.7 Å². The number of rotatable bonds is 3. The van der Waals surface area contributed by atoms with Gasteiger partial charge in [-0.05, 0) is 37.5 Å². The summed E-state index contributed by atoms with van der Waals surface area (Å²) in [6.07, 6.45) is 6.88. The Morgan fingerprint density at radius 3 is 2.42 bits per heavy atom. The Balaban J connectivity index is 1.98. The molecule has 5 heteroatoms. The molecule has 0 radical (unpaired) electrons. The number of nitrogens with one attached hydrogen (secondary N) is 1. The average molecular weight is 421 g/mol. The number of benzene rings is 2. The fourth-order valence-electron chi connectivity index (χ4n) is 3.76. The van der Waals surface area contributed by atoms with Crippen molar-refractivity contribution >= 4 is 11.8 Å². The molecule has 0 saturated heterocycles. The second-order valence-corrected chi connectivity index (χ2v) is 8.10. The van der Waals surface area contributed by atoms with E-state index in [1.54, 1.807) is 18.0 Å². The number of fused-ring (bicyclic) bond motifs is 1. The zero-order valence-corrected chi connectivity index (χ0v) is 18.6. The number of amides is 2. The maximum Gasteiger partial charge on any atom is 0.258 e. The number of hydrogen-bond acceptors (Lipinski definition) is 3. The van der Waals surface area contributed by atoms with Crippen LogP contribution in [-0.4, -0.2) is 41.9 Å². The molecule has 1 aliphatic heterocycles. The third-order valence-electron chi connectivity index (χ3n) is 5.70. The number of carbonyl (C=O) groups excluding carboxylic acids is 2. The largest absolute Gasteiger partial charge is 0.490 e. The molecule has 0 aliphatic carbocycles. The zero-order chi connectivity index (χ0) is 22.2. The molecule has 0 spiro atoms. The van der Waals surface area contributed by atoms with Crippen molar-refractivity contribution in [2.75, 3.05) is 7.05 Å². The minimum Gasteiger partial charge on any atom is -0.490 e. The third kappa shape index (κ3) is 5.97. The summed E-state index contributed by atoms with van der Waals surface area (Å²) in [4.78, 5) is 28.3. The number of para-hydroxylation sites is 1. The first kappa shape index (κ1) is 22.6. The van der Waals surface area contributed by atoms with Gasteiger partial charge in [0.15, 0.2) is 0 Å². The molecule has 3 atom stereocenters. The van der Waals surface area contributed by atoms with Crippen LogP contribution in [-0.2, 0) is 11.2 Å². The van der Waals surface area contributed by atoms with Crippen molar-refractivity contribution in [1.29, 1.82) is 0 Å². The number of carbonyl (C=O) groups is 2. The summed E-state index contributed by atoms with van der Waals surface area (Å²) in [5.41, 5.74) is 1.48. The minimum absolute atomic E-state index is 0.0250. The molecular formula is C26H32N2O3. The number of ether oxygens (including phenoxy) is 1. The Kier molecular flexibility index (Phi) is 7.88. The van der Waals surface area contributed by atoms with Crippen molar-refractivity contribution in [2.45, 2.75) is 57.7 Å². The lowest BCUT2D eigenvalue weighted by Gasteiger charge is -2.30. The monoisotopic (exact) mass is 420 g/mol. The predicted octanol–water partition coefficient (Wildman–Crippen LogP) is 4.38. The summed E-state index contributed by atoms with van der Waals surface area (Å²) in [5, 5.41) is 3.16. The van der Waals surface area contributed by atoms with Gasteiger partial charge in [-0.3, -0.25) is 9.59 Å². The van der Waals surface area contributed by atoms with E-state index in [0.717, 1.165) is 24.8 Å². The van der Waals surface area contributed by atoms with E-state index >= 15 is 0 Å². The highest BCUT2D eigenvalue weighted by atomic mass is 16.5. The predicted molar refractivity (Wildman–Crippen MR) is 123 cm³/mol. The van der Waals surface area contributed by atoms with Gasteiger partial charge in [0.1, 0.15) is 11.8 Å². The molecule has 0 fully saturated rings. The molecular weight excluding hydrogens is 388 g/mol. The highest BCUT2D eigenvalue weighted by molar-refractivity contribution is 5.99. The van der Waals surface area contributed by atoms with Crippen LogP contribution in [0.25, 0.3) is 0 Å². The molecule has 0 saturated carbocycles. The van der Waals surface area contributed by atoms with Crippen molar-refractivity contribution in [3.05, 3.63) is 77.9 Å². The van der Waals surface area contributed by atoms with E-state index in [4.69, 9.17) is 4.74 Å². The summed E-state index contributed by atoms with van der Waals surface area (Å²) in [7, 11) is 1.70. The SMILES string of the molecule is CC[C@H]1C/C=C/C[C@@H](C)Oc2ccccc2C(=O)N(C)[C@@H](Cc2ccccc2)C(=O)N1. The topological polar surface area (TPSA) is 58.6 Å². The van der Waals surface area contributed by atoms with Crippen LogP contribution in [0.3, 0.4) is 0 Å². The lowest BCUT2D eigenvalue weighted by molar-refractivity contribution is -0.126. The van der Waals surface area contributed by atoms with Crippen LogP contribution in [0.2, 0.25) is 0 Å². The molecule has 1 heterocycles. The molecule has 31 heavy (non-hydrogen) atoms. The number of hydrogen-bond donors (Lipinski definition) is 1. The normalized spacial score (nSPS) is 23.8. The Labute approximate surface area is 185 Å². The van der Waals surface area contributed by atoms with Gasteiger partial charge in [0.05, 0.1) is 11.7 Å². The van der Waals surface area contributed by atoms with Crippen molar-refractivity contribution in [2.24, 2.45) is 0 Å². The van der Waals surface area contributed by atoms with E-state index in [0.29, 0.717) is 17.7 Å². The Morgan fingerprint density at radius 2 is 1.68 bits per heavy atom. The van der Waals surface area contributed by atoms with Gasteiger partial charge in [-0.15, -0.1) is 0 Å². The molecule has 2 aromatic carbocycles.